The number of fused-ring (bicyclic) bond motifs is 3. The summed E-state index contributed by atoms with van der Waals surface area (Å²) in [4.78, 5) is 36.4. The van der Waals surface area contributed by atoms with Crippen LogP contribution in [0.1, 0.15) is 18.0 Å². The molecular formula is C23H18FN5O2. The molecule has 1 N–H and O–H groups in total. The van der Waals surface area contributed by atoms with Gasteiger partial charge in [-0.15, -0.1) is 0 Å². The highest BCUT2D eigenvalue weighted by Crippen LogP contribution is 2.37. The lowest BCUT2D eigenvalue weighted by atomic mass is 10.1. The molecule has 4 aromatic rings. The number of amides is 2. The van der Waals surface area contributed by atoms with E-state index < -0.39 is 11.9 Å². The number of nitrogens with zero attached hydrogens (tertiary/aromatic N) is 4. The van der Waals surface area contributed by atoms with Crippen molar-refractivity contribution in [2.24, 2.45) is 0 Å². The van der Waals surface area contributed by atoms with Crippen molar-refractivity contribution in [3.05, 3.63) is 84.4 Å². The SMILES string of the molecule is O=C(C[C@H]1C(=O)N(Cc2cccnc2)c2nc3ccccc3n21)Nc1cccc(F)c1. The van der Waals surface area contributed by atoms with Crippen molar-refractivity contribution >= 4 is 34.5 Å². The second kappa shape index (κ2) is 7.64. The molecule has 0 spiro atoms. The van der Waals surface area contributed by atoms with Crippen LogP contribution in [0.3, 0.4) is 0 Å². The first-order chi connectivity index (χ1) is 15.1. The normalized spacial score (nSPS) is 15.3. The van der Waals surface area contributed by atoms with Gasteiger partial charge in [0.2, 0.25) is 11.9 Å². The summed E-state index contributed by atoms with van der Waals surface area (Å²) in [5.41, 5.74) is 2.73. The number of carbonyl (C=O) groups excluding carboxylic acids is 2. The van der Waals surface area contributed by atoms with Crippen molar-refractivity contribution in [2.75, 3.05) is 10.2 Å². The molecule has 1 atom stereocenters. The lowest BCUT2D eigenvalue weighted by Gasteiger charge is -2.16. The molecule has 0 fully saturated rings. The summed E-state index contributed by atoms with van der Waals surface area (Å²) in [6.07, 6.45) is 3.28. The molecule has 31 heavy (non-hydrogen) atoms. The minimum atomic E-state index is -0.743. The van der Waals surface area contributed by atoms with E-state index in [1.54, 1.807) is 27.9 Å². The van der Waals surface area contributed by atoms with Crippen molar-refractivity contribution in [1.29, 1.82) is 0 Å². The minimum Gasteiger partial charge on any atom is -0.326 e. The molecule has 154 valence electrons. The van der Waals surface area contributed by atoms with Crippen molar-refractivity contribution in [3.63, 3.8) is 0 Å². The van der Waals surface area contributed by atoms with Crippen LogP contribution in [0.4, 0.5) is 16.0 Å². The van der Waals surface area contributed by atoms with Crippen LogP contribution in [-0.2, 0) is 16.1 Å². The van der Waals surface area contributed by atoms with Gasteiger partial charge in [-0.25, -0.2) is 9.37 Å². The first kappa shape index (κ1) is 18.9. The van der Waals surface area contributed by atoms with Crippen LogP contribution in [0.15, 0.2) is 73.1 Å². The fraction of sp³-hybridized carbons (Fsp3) is 0.130. The molecule has 7 nitrogen and oxygen atoms in total. The molecule has 2 aromatic carbocycles. The first-order valence-corrected chi connectivity index (χ1v) is 9.83. The maximum atomic E-state index is 13.4. The second-order valence-corrected chi connectivity index (χ2v) is 7.33. The molecule has 3 heterocycles. The van der Waals surface area contributed by atoms with Gasteiger partial charge >= 0.3 is 0 Å². The summed E-state index contributed by atoms with van der Waals surface area (Å²) in [6, 6.07) is 16.1. The van der Waals surface area contributed by atoms with E-state index in [9.17, 15) is 14.0 Å². The fourth-order valence-corrected chi connectivity index (χ4v) is 3.87. The molecule has 5 rings (SSSR count). The zero-order chi connectivity index (χ0) is 21.4. The van der Waals surface area contributed by atoms with Gasteiger partial charge in [0.25, 0.3) is 5.91 Å². The molecule has 1 aliphatic heterocycles. The van der Waals surface area contributed by atoms with Crippen LogP contribution >= 0.6 is 0 Å². The number of nitrogens with one attached hydrogen (secondary N) is 1. The lowest BCUT2D eigenvalue weighted by Crippen LogP contribution is -2.31. The summed E-state index contributed by atoms with van der Waals surface area (Å²) in [6.45, 7) is 0.304. The quantitative estimate of drug-likeness (QED) is 0.539. The van der Waals surface area contributed by atoms with Crippen LogP contribution < -0.4 is 10.2 Å². The van der Waals surface area contributed by atoms with Crippen molar-refractivity contribution < 1.29 is 14.0 Å². The number of hydrogen-bond acceptors (Lipinski definition) is 4. The Morgan fingerprint density at radius 2 is 1.97 bits per heavy atom. The number of pyridine rings is 1. The first-order valence-electron chi connectivity index (χ1n) is 9.83. The monoisotopic (exact) mass is 415 g/mol. The Hall–Kier alpha value is -4.07. The van der Waals surface area contributed by atoms with Gasteiger partial charge in [-0.05, 0) is 42.0 Å². The molecule has 2 amide bonds. The number of aromatic nitrogens is 3. The molecule has 0 bridgehead atoms. The van der Waals surface area contributed by atoms with Gasteiger partial charge in [-0.1, -0.05) is 24.3 Å². The van der Waals surface area contributed by atoms with E-state index in [-0.39, 0.29) is 18.2 Å². The number of halogens is 1. The Kier molecular flexibility index (Phi) is 4.66. The number of carbonyl (C=O) groups is 2. The van der Waals surface area contributed by atoms with Gasteiger partial charge in [0.05, 0.1) is 24.0 Å². The average molecular weight is 415 g/mol. The van der Waals surface area contributed by atoms with Crippen molar-refractivity contribution in [3.8, 4) is 0 Å². The van der Waals surface area contributed by atoms with Crippen LogP contribution in [-0.4, -0.2) is 26.3 Å². The van der Waals surface area contributed by atoms with E-state index in [1.165, 1.54) is 18.2 Å². The van der Waals surface area contributed by atoms with Gasteiger partial charge in [-0.2, -0.15) is 0 Å². The van der Waals surface area contributed by atoms with Crippen LogP contribution in [0.2, 0.25) is 0 Å². The molecule has 2 aromatic heterocycles. The molecule has 1 aliphatic rings. The largest absolute Gasteiger partial charge is 0.326 e. The van der Waals surface area contributed by atoms with E-state index in [2.05, 4.69) is 15.3 Å². The van der Waals surface area contributed by atoms with Gasteiger partial charge in [-0.3, -0.25) is 24.0 Å². The van der Waals surface area contributed by atoms with Crippen LogP contribution in [0.5, 0.6) is 0 Å². The number of imidazole rings is 1. The van der Waals surface area contributed by atoms with Crippen molar-refractivity contribution in [1.82, 2.24) is 14.5 Å². The zero-order valence-corrected chi connectivity index (χ0v) is 16.4. The van der Waals surface area contributed by atoms with E-state index in [4.69, 9.17) is 0 Å². The van der Waals surface area contributed by atoms with Gasteiger partial charge in [0, 0.05) is 18.1 Å². The highest BCUT2D eigenvalue weighted by atomic mass is 19.1. The van der Waals surface area contributed by atoms with Crippen molar-refractivity contribution in [2.45, 2.75) is 19.0 Å². The molecule has 0 saturated carbocycles. The topological polar surface area (TPSA) is 80.1 Å². The highest BCUT2D eigenvalue weighted by molar-refractivity contribution is 6.05. The third-order valence-corrected chi connectivity index (χ3v) is 5.23. The predicted molar refractivity (Wildman–Crippen MR) is 114 cm³/mol. The van der Waals surface area contributed by atoms with Crippen LogP contribution in [0.25, 0.3) is 11.0 Å². The third kappa shape index (κ3) is 3.52. The second-order valence-electron chi connectivity index (χ2n) is 7.33. The molecule has 0 unspecified atom stereocenters. The van der Waals surface area contributed by atoms with E-state index in [0.717, 1.165) is 16.6 Å². The molecular weight excluding hydrogens is 397 g/mol. The maximum Gasteiger partial charge on any atom is 0.253 e. The Morgan fingerprint density at radius 3 is 2.77 bits per heavy atom. The number of hydrogen-bond donors (Lipinski definition) is 1. The van der Waals surface area contributed by atoms with Gasteiger partial charge in [0.15, 0.2) is 0 Å². The Balaban J connectivity index is 1.47. The number of para-hydroxylation sites is 2. The standard InChI is InChI=1S/C23H18FN5O2/c24-16-6-3-7-17(11-16)26-21(30)12-20-22(31)28(14-15-5-4-10-25-13-15)23-27-18-8-1-2-9-19(18)29(20)23/h1-11,13,20H,12,14H2,(H,26,30)/t20-/m0/s1. The number of anilines is 2. The molecule has 0 aliphatic carbocycles. The number of benzene rings is 2. The summed E-state index contributed by atoms with van der Waals surface area (Å²) in [5, 5.41) is 2.67. The average Bonchev–Trinajstić information content (AvgIpc) is 3.25. The van der Waals surface area contributed by atoms with Crippen LogP contribution in [0, 0.1) is 5.82 Å². The van der Waals surface area contributed by atoms with E-state index >= 15 is 0 Å². The summed E-state index contributed by atoms with van der Waals surface area (Å²) in [5.74, 6) is -0.540. The minimum absolute atomic E-state index is 0.0910. The number of rotatable bonds is 5. The maximum absolute atomic E-state index is 13.4. The van der Waals surface area contributed by atoms with Gasteiger partial charge in [0.1, 0.15) is 11.9 Å². The zero-order valence-electron chi connectivity index (χ0n) is 16.4. The highest BCUT2D eigenvalue weighted by Gasteiger charge is 2.40. The Bertz CT molecular complexity index is 1290. The van der Waals surface area contributed by atoms with E-state index in [1.807, 2.05) is 36.4 Å². The summed E-state index contributed by atoms with van der Waals surface area (Å²) < 4.78 is 15.2. The molecule has 8 heteroatoms. The molecule has 0 radical (unpaired) electrons. The fourth-order valence-electron chi connectivity index (χ4n) is 3.87. The van der Waals surface area contributed by atoms with Gasteiger partial charge < -0.3 is 5.32 Å². The lowest BCUT2D eigenvalue weighted by molar-refractivity contribution is -0.124. The predicted octanol–water partition coefficient (Wildman–Crippen LogP) is 3.69. The van der Waals surface area contributed by atoms with E-state index in [0.29, 0.717) is 18.2 Å². The Morgan fingerprint density at radius 1 is 1.10 bits per heavy atom. The Labute approximate surface area is 177 Å². The molecule has 0 saturated heterocycles. The smallest absolute Gasteiger partial charge is 0.253 e. The summed E-state index contributed by atoms with van der Waals surface area (Å²) >= 11 is 0. The third-order valence-electron chi connectivity index (χ3n) is 5.23. The summed E-state index contributed by atoms with van der Waals surface area (Å²) in [7, 11) is 0.